The van der Waals surface area contributed by atoms with Crippen LogP contribution < -0.4 is 16.4 Å². The van der Waals surface area contributed by atoms with Crippen molar-refractivity contribution in [1.29, 1.82) is 0 Å². The zero-order valence-corrected chi connectivity index (χ0v) is 15.9. The van der Waals surface area contributed by atoms with Crippen molar-refractivity contribution in [3.8, 4) is 0 Å². The summed E-state index contributed by atoms with van der Waals surface area (Å²) in [5.41, 5.74) is 7.67. The molecule has 0 aromatic carbocycles. The van der Waals surface area contributed by atoms with Gasteiger partial charge in [-0.25, -0.2) is 4.98 Å². The van der Waals surface area contributed by atoms with Crippen molar-refractivity contribution < 1.29 is 4.79 Å². The van der Waals surface area contributed by atoms with Crippen LogP contribution >= 0.6 is 0 Å². The molecule has 138 valence electrons. The number of aromatic nitrogens is 2. The Morgan fingerprint density at radius 1 is 1.40 bits per heavy atom. The van der Waals surface area contributed by atoms with Gasteiger partial charge in [0.2, 0.25) is 11.9 Å². The standard InChI is InChI=1S/C18H30N6O/c1-7-9-10-18(5,11-21-13(4)25)24-16-15(20-6)14(12(3)8-2)22-17(19)23-16/h8H,6-7,9-11H2,1-5H3,(H,21,25)(H3,19,22,23,24)/b12-8-. The first-order valence-electron chi connectivity index (χ1n) is 8.56. The van der Waals surface area contributed by atoms with E-state index in [0.29, 0.717) is 23.7 Å². The SMILES string of the molecule is C=Nc1c(NC(C)(CCCC)CNC(C)=O)nc(N)nc1/C(C)=C\C. The van der Waals surface area contributed by atoms with Crippen molar-refractivity contribution in [2.24, 2.45) is 4.99 Å². The maximum atomic E-state index is 11.4. The molecule has 1 atom stereocenters. The van der Waals surface area contributed by atoms with Gasteiger partial charge in [-0.3, -0.25) is 9.79 Å². The Morgan fingerprint density at radius 2 is 2.08 bits per heavy atom. The molecular weight excluding hydrogens is 316 g/mol. The van der Waals surface area contributed by atoms with E-state index in [4.69, 9.17) is 5.73 Å². The number of nitrogen functional groups attached to an aromatic ring is 1. The van der Waals surface area contributed by atoms with Gasteiger partial charge in [0.25, 0.3) is 0 Å². The number of nitrogens with two attached hydrogens (primary N) is 1. The second-order valence-corrected chi connectivity index (χ2v) is 6.46. The zero-order valence-electron chi connectivity index (χ0n) is 15.9. The van der Waals surface area contributed by atoms with Crippen LogP contribution in [0.1, 0.15) is 59.6 Å². The maximum Gasteiger partial charge on any atom is 0.222 e. The number of unbranched alkanes of at least 4 members (excludes halogenated alkanes) is 1. The van der Waals surface area contributed by atoms with Gasteiger partial charge in [0.15, 0.2) is 5.82 Å². The van der Waals surface area contributed by atoms with Crippen molar-refractivity contribution in [3.05, 3.63) is 11.8 Å². The number of hydrogen-bond donors (Lipinski definition) is 3. The lowest BCUT2D eigenvalue weighted by atomic mass is 9.94. The van der Waals surface area contributed by atoms with Crippen LogP contribution in [-0.2, 0) is 4.79 Å². The van der Waals surface area contributed by atoms with Crippen LogP contribution in [0.5, 0.6) is 0 Å². The van der Waals surface area contributed by atoms with Crippen LogP contribution in [0, 0.1) is 0 Å². The predicted molar refractivity (Wildman–Crippen MR) is 105 cm³/mol. The minimum absolute atomic E-state index is 0.0701. The van der Waals surface area contributed by atoms with E-state index in [1.165, 1.54) is 6.92 Å². The van der Waals surface area contributed by atoms with E-state index in [1.807, 2.05) is 26.8 Å². The maximum absolute atomic E-state index is 11.4. The van der Waals surface area contributed by atoms with Crippen molar-refractivity contribution >= 4 is 35.7 Å². The molecule has 0 saturated heterocycles. The van der Waals surface area contributed by atoms with Gasteiger partial charge in [-0.15, -0.1) is 0 Å². The summed E-state index contributed by atoms with van der Waals surface area (Å²) in [4.78, 5) is 24.1. The van der Waals surface area contributed by atoms with Crippen LogP contribution in [0.2, 0.25) is 0 Å². The Morgan fingerprint density at radius 3 is 2.60 bits per heavy atom. The van der Waals surface area contributed by atoms with Crippen molar-refractivity contribution in [1.82, 2.24) is 15.3 Å². The first-order valence-corrected chi connectivity index (χ1v) is 8.56. The number of anilines is 2. The van der Waals surface area contributed by atoms with Gasteiger partial charge in [0.1, 0.15) is 5.69 Å². The van der Waals surface area contributed by atoms with Gasteiger partial charge >= 0.3 is 0 Å². The topological polar surface area (TPSA) is 105 Å². The fourth-order valence-corrected chi connectivity index (χ4v) is 2.49. The molecule has 1 amide bonds. The fourth-order valence-electron chi connectivity index (χ4n) is 2.49. The smallest absolute Gasteiger partial charge is 0.222 e. The number of hydrogen-bond acceptors (Lipinski definition) is 6. The van der Waals surface area contributed by atoms with E-state index >= 15 is 0 Å². The molecule has 7 nitrogen and oxygen atoms in total. The number of carbonyl (C=O) groups excluding carboxylic acids is 1. The van der Waals surface area contributed by atoms with Gasteiger partial charge in [-0.05, 0) is 39.5 Å². The zero-order chi connectivity index (χ0) is 19.0. The van der Waals surface area contributed by atoms with Crippen LogP contribution in [0.3, 0.4) is 0 Å². The van der Waals surface area contributed by atoms with Gasteiger partial charge in [-0.1, -0.05) is 25.8 Å². The van der Waals surface area contributed by atoms with E-state index in [9.17, 15) is 4.79 Å². The molecule has 1 rings (SSSR count). The molecule has 25 heavy (non-hydrogen) atoms. The Bertz CT molecular complexity index is 655. The highest BCUT2D eigenvalue weighted by Crippen LogP contribution is 2.34. The molecule has 0 aliphatic carbocycles. The third-order valence-corrected chi connectivity index (χ3v) is 4.10. The molecule has 0 saturated carbocycles. The Labute approximate surface area is 150 Å². The summed E-state index contributed by atoms with van der Waals surface area (Å²) in [6, 6.07) is 0. The van der Waals surface area contributed by atoms with Crippen LogP contribution in [-0.4, -0.2) is 34.7 Å². The number of carbonyl (C=O) groups is 1. The molecule has 0 bridgehead atoms. The third-order valence-electron chi connectivity index (χ3n) is 4.10. The van der Waals surface area contributed by atoms with Crippen molar-refractivity contribution in [2.75, 3.05) is 17.6 Å². The summed E-state index contributed by atoms with van der Waals surface area (Å²) in [6.45, 7) is 13.7. The average Bonchev–Trinajstić information content (AvgIpc) is 2.57. The Kier molecular flexibility index (Phi) is 7.54. The van der Waals surface area contributed by atoms with Crippen molar-refractivity contribution in [2.45, 2.75) is 59.4 Å². The summed E-state index contributed by atoms with van der Waals surface area (Å²) in [7, 11) is 0. The molecule has 0 radical (unpaired) electrons. The van der Waals surface area contributed by atoms with Crippen LogP contribution in [0.25, 0.3) is 5.57 Å². The van der Waals surface area contributed by atoms with Gasteiger partial charge in [0.05, 0.1) is 11.2 Å². The summed E-state index contributed by atoms with van der Waals surface area (Å²) < 4.78 is 0. The quantitative estimate of drug-likeness (QED) is 0.595. The number of amides is 1. The lowest BCUT2D eigenvalue weighted by Crippen LogP contribution is -2.46. The summed E-state index contributed by atoms with van der Waals surface area (Å²) >= 11 is 0. The van der Waals surface area contributed by atoms with E-state index in [0.717, 1.165) is 24.8 Å². The second kappa shape index (κ2) is 9.15. The molecule has 0 spiro atoms. The predicted octanol–water partition coefficient (Wildman–Crippen LogP) is 3.31. The van der Waals surface area contributed by atoms with E-state index in [-0.39, 0.29) is 17.4 Å². The first kappa shape index (κ1) is 20.6. The highest BCUT2D eigenvalue weighted by Gasteiger charge is 2.27. The third kappa shape index (κ3) is 5.85. The molecule has 1 unspecified atom stereocenters. The number of allylic oxidation sites excluding steroid dienone is 2. The van der Waals surface area contributed by atoms with Gasteiger partial charge in [0, 0.05) is 13.5 Å². The lowest BCUT2D eigenvalue weighted by molar-refractivity contribution is -0.119. The van der Waals surface area contributed by atoms with Crippen molar-refractivity contribution in [3.63, 3.8) is 0 Å². The number of aliphatic imine (C=N–C) groups is 1. The minimum Gasteiger partial charge on any atom is -0.368 e. The molecule has 0 fully saturated rings. The molecule has 1 heterocycles. The Balaban J connectivity index is 3.29. The van der Waals surface area contributed by atoms with Gasteiger partial charge in [-0.2, -0.15) is 4.98 Å². The number of rotatable bonds is 9. The molecule has 4 N–H and O–H groups in total. The summed E-state index contributed by atoms with van der Waals surface area (Å²) in [6.07, 6.45) is 4.87. The highest BCUT2D eigenvalue weighted by atomic mass is 16.1. The number of nitrogens with one attached hydrogen (secondary N) is 2. The number of nitrogens with zero attached hydrogens (tertiary/aromatic N) is 3. The lowest BCUT2D eigenvalue weighted by Gasteiger charge is -2.32. The largest absolute Gasteiger partial charge is 0.368 e. The van der Waals surface area contributed by atoms with Gasteiger partial charge < -0.3 is 16.4 Å². The highest BCUT2D eigenvalue weighted by molar-refractivity contribution is 5.80. The van der Waals surface area contributed by atoms with E-state index in [2.05, 4.69) is 39.2 Å². The monoisotopic (exact) mass is 346 g/mol. The molecule has 1 aromatic heterocycles. The minimum atomic E-state index is -0.386. The molecule has 1 aromatic rings. The first-order chi connectivity index (χ1) is 11.8. The molecule has 0 aliphatic rings. The van der Waals surface area contributed by atoms with E-state index in [1.54, 1.807) is 0 Å². The Hall–Kier alpha value is -2.44. The fraction of sp³-hybridized carbons (Fsp3) is 0.556. The molecular formula is C18H30N6O. The summed E-state index contributed by atoms with van der Waals surface area (Å²) in [5.74, 6) is 0.630. The molecule has 7 heteroatoms. The average molecular weight is 346 g/mol. The van der Waals surface area contributed by atoms with Crippen LogP contribution in [0.4, 0.5) is 17.5 Å². The van der Waals surface area contributed by atoms with E-state index < -0.39 is 0 Å². The second-order valence-electron chi connectivity index (χ2n) is 6.46. The summed E-state index contributed by atoms with van der Waals surface area (Å²) in [5, 5.41) is 6.30. The molecule has 0 aliphatic heterocycles. The normalized spacial score (nSPS) is 13.9. The van der Waals surface area contributed by atoms with Crippen LogP contribution in [0.15, 0.2) is 11.1 Å².